The first-order valence-electron chi connectivity index (χ1n) is 12.5. The van der Waals surface area contributed by atoms with Crippen LogP contribution >= 0.6 is 0 Å². The van der Waals surface area contributed by atoms with E-state index in [0.29, 0.717) is 34.1 Å². The predicted molar refractivity (Wildman–Crippen MR) is 149 cm³/mol. The summed E-state index contributed by atoms with van der Waals surface area (Å²) in [6.07, 6.45) is 3.20. The van der Waals surface area contributed by atoms with E-state index in [1.165, 1.54) is 12.0 Å². The summed E-state index contributed by atoms with van der Waals surface area (Å²) in [5, 5.41) is 11.6. The predicted octanol–water partition coefficient (Wildman–Crippen LogP) is 6.43. The fourth-order valence-corrected chi connectivity index (χ4v) is 4.99. The lowest BCUT2D eigenvalue weighted by atomic mass is 9.94. The van der Waals surface area contributed by atoms with E-state index < -0.39 is 17.7 Å². The number of methoxy groups -OCH3 is 1. The first-order valence-corrected chi connectivity index (χ1v) is 12.5. The summed E-state index contributed by atoms with van der Waals surface area (Å²) in [7, 11) is 1.51. The van der Waals surface area contributed by atoms with Gasteiger partial charge in [-0.3, -0.25) is 19.5 Å². The monoisotopic (exact) mass is 520 g/mol. The molecule has 0 saturated carbocycles. The number of aliphatic hydroxyl groups is 1. The molecule has 1 N–H and O–H groups in total. The molecule has 0 bridgehead atoms. The van der Waals surface area contributed by atoms with Gasteiger partial charge in [-0.25, -0.2) is 0 Å². The minimum Gasteiger partial charge on any atom is -0.507 e. The van der Waals surface area contributed by atoms with E-state index in [2.05, 4.69) is 4.98 Å². The lowest BCUT2D eigenvalue weighted by Gasteiger charge is -2.25. The van der Waals surface area contributed by atoms with Gasteiger partial charge < -0.3 is 14.6 Å². The van der Waals surface area contributed by atoms with Crippen LogP contribution < -0.4 is 14.4 Å². The largest absolute Gasteiger partial charge is 0.507 e. The number of rotatable bonds is 6. The van der Waals surface area contributed by atoms with Crippen molar-refractivity contribution in [2.45, 2.75) is 26.8 Å². The Morgan fingerprint density at radius 3 is 2.33 bits per heavy atom. The molecule has 3 aromatic carbocycles. The molecule has 0 radical (unpaired) electrons. The molecule has 1 unspecified atom stereocenters. The highest BCUT2D eigenvalue weighted by atomic mass is 16.5. The normalized spacial score (nSPS) is 16.4. The summed E-state index contributed by atoms with van der Waals surface area (Å²) in [4.78, 5) is 32.6. The van der Waals surface area contributed by atoms with E-state index in [9.17, 15) is 14.7 Å². The topological polar surface area (TPSA) is 89.0 Å². The Kier molecular flexibility index (Phi) is 6.90. The molecule has 0 spiro atoms. The van der Waals surface area contributed by atoms with Gasteiger partial charge in [0.1, 0.15) is 23.0 Å². The highest BCUT2D eigenvalue weighted by Crippen LogP contribution is 2.44. The van der Waals surface area contributed by atoms with Crippen LogP contribution in [0.15, 0.2) is 90.8 Å². The number of carbonyl (C=O) groups excluding carboxylic acids is 2. The molecular formula is C32H28N2O5. The zero-order valence-electron chi connectivity index (χ0n) is 22.1. The Balaban J connectivity index is 1.61. The van der Waals surface area contributed by atoms with E-state index in [1.54, 1.807) is 54.9 Å². The molecule has 1 saturated heterocycles. The summed E-state index contributed by atoms with van der Waals surface area (Å²) in [6, 6.07) is 20.9. The molecular weight excluding hydrogens is 492 g/mol. The van der Waals surface area contributed by atoms with Crippen LogP contribution in [-0.4, -0.2) is 28.9 Å². The maximum atomic E-state index is 13.5. The van der Waals surface area contributed by atoms with E-state index in [-0.39, 0.29) is 11.3 Å². The molecule has 1 atom stereocenters. The number of hydrogen-bond donors (Lipinski definition) is 1. The average Bonchev–Trinajstić information content (AvgIpc) is 3.19. The van der Waals surface area contributed by atoms with Crippen molar-refractivity contribution in [3.05, 3.63) is 119 Å². The van der Waals surface area contributed by atoms with E-state index in [4.69, 9.17) is 9.47 Å². The highest BCUT2D eigenvalue weighted by Gasteiger charge is 2.47. The minimum absolute atomic E-state index is 0.0311. The van der Waals surface area contributed by atoms with Gasteiger partial charge in [-0.2, -0.15) is 0 Å². The summed E-state index contributed by atoms with van der Waals surface area (Å²) < 4.78 is 11.5. The van der Waals surface area contributed by atoms with E-state index >= 15 is 0 Å². The lowest BCUT2D eigenvalue weighted by Crippen LogP contribution is -2.29. The first kappa shape index (κ1) is 25.7. The van der Waals surface area contributed by atoms with Crippen molar-refractivity contribution in [3.63, 3.8) is 0 Å². The molecule has 7 heteroatoms. The molecule has 7 nitrogen and oxygen atoms in total. The average molecular weight is 521 g/mol. The second-order valence-corrected chi connectivity index (χ2v) is 9.53. The van der Waals surface area contributed by atoms with Crippen molar-refractivity contribution in [2.24, 2.45) is 0 Å². The third-order valence-corrected chi connectivity index (χ3v) is 6.66. The van der Waals surface area contributed by atoms with Gasteiger partial charge in [-0.05, 0) is 91.6 Å². The molecule has 1 aliphatic heterocycles. The van der Waals surface area contributed by atoms with Crippen LogP contribution in [0.3, 0.4) is 0 Å². The Hall–Kier alpha value is -4.91. The van der Waals surface area contributed by atoms with Gasteiger partial charge >= 0.3 is 0 Å². The number of Topliss-reactive ketones (excluding diaryl/α,β-unsaturated/α-hetero) is 1. The number of carbonyl (C=O) groups is 2. The fourth-order valence-electron chi connectivity index (χ4n) is 4.99. The van der Waals surface area contributed by atoms with Crippen LogP contribution in [0.25, 0.3) is 5.76 Å². The maximum absolute atomic E-state index is 13.5. The molecule has 1 aromatic heterocycles. The standard InChI is InChI=1S/C32H28N2O5/c1-19-7-5-9-25(16-19)39-24-12-10-23(11-13-24)34-28(22-8-6-14-33-18-22)27(30(36)32(34)37)29(35)26-17-20(2)15-21(3)31(26)38-4/h5-18,28,35H,1-4H3/b29-27+. The second-order valence-electron chi connectivity index (χ2n) is 9.53. The summed E-state index contributed by atoms with van der Waals surface area (Å²) in [5.41, 5.74) is 4.14. The molecule has 1 aliphatic rings. The quantitative estimate of drug-likeness (QED) is 0.179. The number of ketones is 1. The molecule has 39 heavy (non-hydrogen) atoms. The van der Waals surface area contributed by atoms with Crippen LogP contribution in [-0.2, 0) is 9.59 Å². The Bertz CT molecular complexity index is 1590. The number of anilines is 1. The minimum atomic E-state index is -0.896. The first-order chi connectivity index (χ1) is 18.8. The third-order valence-electron chi connectivity index (χ3n) is 6.66. The van der Waals surface area contributed by atoms with Crippen LogP contribution in [0, 0.1) is 20.8 Å². The summed E-state index contributed by atoms with van der Waals surface area (Å²) in [5.74, 6) is -0.122. The van der Waals surface area contributed by atoms with Crippen molar-refractivity contribution in [1.82, 2.24) is 4.98 Å². The van der Waals surface area contributed by atoms with Gasteiger partial charge in [0.15, 0.2) is 0 Å². The van der Waals surface area contributed by atoms with Crippen LogP contribution in [0.2, 0.25) is 0 Å². The van der Waals surface area contributed by atoms with Gasteiger partial charge in [0.2, 0.25) is 0 Å². The zero-order chi connectivity index (χ0) is 27.7. The van der Waals surface area contributed by atoms with Crippen molar-refractivity contribution >= 4 is 23.1 Å². The molecule has 5 rings (SSSR count). The summed E-state index contributed by atoms with van der Waals surface area (Å²) in [6.45, 7) is 5.74. The van der Waals surface area contributed by atoms with Crippen molar-refractivity contribution in [3.8, 4) is 17.2 Å². The Labute approximate surface area is 227 Å². The molecule has 196 valence electrons. The van der Waals surface area contributed by atoms with E-state index in [1.807, 2.05) is 51.1 Å². The van der Waals surface area contributed by atoms with Gasteiger partial charge in [-0.1, -0.05) is 24.3 Å². The zero-order valence-corrected chi connectivity index (χ0v) is 22.1. The van der Waals surface area contributed by atoms with Crippen LogP contribution in [0.1, 0.15) is 33.9 Å². The Morgan fingerprint density at radius 1 is 0.897 bits per heavy atom. The second kappa shape index (κ2) is 10.5. The molecule has 2 heterocycles. The van der Waals surface area contributed by atoms with Crippen molar-refractivity contribution < 1.29 is 24.2 Å². The number of nitrogens with zero attached hydrogens (tertiary/aromatic N) is 2. The number of aliphatic hydroxyl groups excluding tert-OH is 1. The number of pyridine rings is 1. The number of amides is 1. The molecule has 4 aromatic rings. The van der Waals surface area contributed by atoms with Crippen molar-refractivity contribution in [1.29, 1.82) is 0 Å². The molecule has 1 fully saturated rings. The molecule has 0 aliphatic carbocycles. The fraction of sp³-hybridized carbons (Fsp3) is 0.156. The molecule has 1 amide bonds. The van der Waals surface area contributed by atoms with Gasteiger partial charge in [0.25, 0.3) is 11.7 Å². The maximum Gasteiger partial charge on any atom is 0.300 e. The SMILES string of the molecule is COc1c(C)cc(C)cc1/C(O)=C1\C(=O)C(=O)N(c2ccc(Oc3cccc(C)c3)cc2)C1c1cccnc1. The number of aryl methyl sites for hydroxylation is 3. The number of aromatic nitrogens is 1. The van der Waals surface area contributed by atoms with Gasteiger partial charge in [0.05, 0.1) is 24.3 Å². The summed E-state index contributed by atoms with van der Waals surface area (Å²) >= 11 is 0. The smallest absolute Gasteiger partial charge is 0.300 e. The van der Waals surface area contributed by atoms with Gasteiger partial charge in [-0.15, -0.1) is 0 Å². The number of benzene rings is 3. The van der Waals surface area contributed by atoms with E-state index in [0.717, 1.165) is 16.7 Å². The van der Waals surface area contributed by atoms with Crippen LogP contribution in [0.4, 0.5) is 5.69 Å². The Morgan fingerprint density at radius 2 is 1.67 bits per heavy atom. The van der Waals surface area contributed by atoms with Crippen LogP contribution in [0.5, 0.6) is 17.2 Å². The number of hydrogen-bond acceptors (Lipinski definition) is 6. The third kappa shape index (κ3) is 4.86. The number of ether oxygens (including phenoxy) is 2. The van der Waals surface area contributed by atoms with Gasteiger partial charge in [0, 0.05) is 18.1 Å². The lowest BCUT2D eigenvalue weighted by molar-refractivity contribution is -0.132. The van der Waals surface area contributed by atoms with Crippen molar-refractivity contribution in [2.75, 3.05) is 12.0 Å². The highest BCUT2D eigenvalue weighted by molar-refractivity contribution is 6.51.